The Bertz CT molecular complexity index is 470. The molecule has 0 aromatic heterocycles. The zero-order valence-corrected chi connectivity index (χ0v) is 11.6. The molecule has 1 saturated heterocycles. The molecule has 1 aliphatic heterocycles. The minimum Gasteiger partial charge on any atom is -0.394 e. The zero-order chi connectivity index (χ0) is 14.5. The average Bonchev–Trinajstić information content (AvgIpc) is 2.45. The van der Waals surface area contributed by atoms with E-state index in [1.165, 1.54) is 0 Å². The van der Waals surface area contributed by atoms with E-state index in [1.54, 1.807) is 12.1 Å². The van der Waals surface area contributed by atoms with Crippen molar-refractivity contribution in [3.63, 3.8) is 0 Å². The number of rotatable bonds is 5. The van der Waals surface area contributed by atoms with Crippen LogP contribution in [0.2, 0.25) is 0 Å². The van der Waals surface area contributed by atoms with Crippen LogP contribution in [0.3, 0.4) is 0 Å². The van der Waals surface area contributed by atoms with Gasteiger partial charge in [-0.3, -0.25) is 10.1 Å². The third-order valence-corrected chi connectivity index (χ3v) is 3.56. The topological polar surface area (TPSA) is 75.8 Å². The molecule has 0 amide bonds. The Morgan fingerprint density at radius 2 is 2.15 bits per heavy atom. The van der Waals surface area contributed by atoms with Crippen molar-refractivity contribution < 1.29 is 14.8 Å². The molecule has 1 aliphatic rings. The summed E-state index contributed by atoms with van der Waals surface area (Å²) in [5.74, 6) is 0. The first kappa shape index (κ1) is 14.7. The number of nitrogens with zero attached hydrogens (tertiary/aromatic N) is 2. The van der Waals surface area contributed by atoms with E-state index in [0.717, 1.165) is 31.5 Å². The average molecular weight is 280 g/mol. The number of hydrogen-bond donors (Lipinski definition) is 1. The van der Waals surface area contributed by atoms with Crippen LogP contribution in [0.1, 0.15) is 18.4 Å². The quantitative estimate of drug-likeness (QED) is 0.658. The summed E-state index contributed by atoms with van der Waals surface area (Å²) in [5, 5.41) is 19.9. The molecule has 110 valence electrons. The summed E-state index contributed by atoms with van der Waals surface area (Å²) in [4.78, 5) is 12.8. The van der Waals surface area contributed by atoms with Crippen LogP contribution in [0, 0.1) is 17.0 Å². The highest BCUT2D eigenvalue weighted by atomic mass is 16.6. The van der Waals surface area contributed by atoms with E-state index >= 15 is 0 Å². The second-order valence-electron chi connectivity index (χ2n) is 5.03. The van der Waals surface area contributed by atoms with Crippen LogP contribution < -0.4 is 4.90 Å². The summed E-state index contributed by atoms with van der Waals surface area (Å²) in [5.41, 5.74) is 1.87. The number of nitro groups is 1. The first-order chi connectivity index (χ1) is 9.61. The van der Waals surface area contributed by atoms with Crippen LogP contribution in [0.25, 0.3) is 0 Å². The van der Waals surface area contributed by atoms with Crippen LogP contribution in [0.15, 0.2) is 18.2 Å². The fourth-order valence-corrected chi connectivity index (χ4v) is 2.52. The summed E-state index contributed by atoms with van der Waals surface area (Å²) in [6.07, 6.45) is 1.79. The van der Waals surface area contributed by atoms with Crippen LogP contribution in [-0.4, -0.2) is 42.4 Å². The molecule has 0 bridgehead atoms. The molecular weight excluding hydrogens is 260 g/mol. The number of ether oxygens (including phenoxy) is 1. The molecule has 1 heterocycles. The van der Waals surface area contributed by atoms with E-state index in [2.05, 4.69) is 0 Å². The first-order valence-corrected chi connectivity index (χ1v) is 6.84. The third-order valence-electron chi connectivity index (χ3n) is 3.56. The number of hydrogen-bond acceptors (Lipinski definition) is 5. The van der Waals surface area contributed by atoms with Gasteiger partial charge < -0.3 is 14.7 Å². The van der Waals surface area contributed by atoms with Gasteiger partial charge in [0.25, 0.3) is 5.69 Å². The molecule has 6 nitrogen and oxygen atoms in total. The molecule has 0 atom stereocenters. The van der Waals surface area contributed by atoms with Crippen molar-refractivity contribution in [1.82, 2.24) is 0 Å². The van der Waals surface area contributed by atoms with Gasteiger partial charge in [-0.2, -0.15) is 0 Å². The van der Waals surface area contributed by atoms with Gasteiger partial charge in [-0.15, -0.1) is 0 Å². The lowest BCUT2D eigenvalue weighted by molar-refractivity contribution is -0.384. The molecule has 1 aromatic carbocycles. The van der Waals surface area contributed by atoms with Crippen molar-refractivity contribution in [2.45, 2.75) is 25.9 Å². The Labute approximate surface area is 118 Å². The van der Waals surface area contributed by atoms with Gasteiger partial charge >= 0.3 is 0 Å². The van der Waals surface area contributed by atoms with Gasteiger partial charge in [-0.25, -0.2) is 0 Å². The number of benzene rings is 1. The first-order valence-electron chi connectivity index (χ1n) is 6.84. The highest BCUT2D eigenvalue weighted by Crippen LogP contribution is 2.31. The van der Waals surface area contributed by atoms with Gasteiger partial charge in [0.05, 0.1) is 24.2 Å². The number of anilines is 1. The van der Waals surface area contributed by atoms with Crippen LogP contribution in [0.4, 0.5) is 11.4 Å². The summed E-state index contributed by atoms with van der Waals surface area (Å²) < 4.78 is 5.51. The van der Waals surface area contributed by atoms with Gasteiger partial charge in [0.2, 0.25) is 0 Å². The second-order valence-corrected chi connectivity index (χ2v) is 5.03. The Morgan fingerprint density at radius 1 is 1.45 bits per heavy atom. The fraction of sp³-hybridized carbons (Fsp3) is 0.571. The van der Waals surface area contributed by atoms with Crippen molar-refractivity contribution >= 4 is 11.4 Å². The summed E-state index contributed by atoms with van der Waals surface area (Å²) in [6, 6.07) is 5.20. The van der Waals surface area contributed by atoms with Gasteiger partial charge in [-0.05, 0) is 31.4 Å². The predicted octanol–water partition coefficient (Wildman–Crippen LogP) is 1.88. The summed E-state index contributed by atoms with van der Waals surface area (Å²) in [6.45, 7) is 3.80. The Hall–Kier alpha value is -1.66. The summed E-state index contributed by atoms with van der Waals surface area (Å²) >= 11 is 0. The molecule has 0 aliphatic carbocycles. The smallest absolute Gasteiger partial charge is 0.292 e. The van der Waals surface area contributed by atoms with E-state index < -0.39 is 0 Å². The molecule has 2 rings (SSSR count). The standard InChI is InChI=1S/C14H20N2O4/c1-11-2-3-13(16(18)19)14(10-11)15-6-4-12(5-7-15)20-9-8-17/h2-3,10,12,17H,4-9H2,1H3. The molecule has 1 N–H and O–H groups in total. The van der Waals surface area contributed by atoms with E-state index in [1.807, 2.05) is 17.9 Å². The molecule has 0 radical (unpaired) electrons. The van der Waals surface area contributed by atoms with E-state index in [4.69, 9.17) is 9.84 Å². The van der Waals surface area contributed by atoms with Crippen molar-refractivity contribution in [2.75, 3.05) is 31.2 Å². The molecule has 6 heteroatoms. The van der Waals surface area contributed by atoms with Gasteiger partial charge in [-0.1, -0.05) is 6.07 Å². The van der Waals surface area contributed by atoms with Crippen LogP contribution >= 0.6 is 0 Å². The molecule has 0 spiro atoms. The lowest BCUT2D eigenvalue weighted by atomic mass is 10.1. The Kier molecular flexibility index (Phi) is 4.92. The van der Waals surface area contributed by atoms with Crippen molar-refractivity contribution in [3.05, 3.63) is 33.9 Å². The highest BCUT2D eigenvalue weighted by Gasteiger charge is 2.25. The minimum atomic E-state index is -0.330. The normalized spacial score (nSPS) is 16.4. The number of aliphatic hydroxyl groups excluding tert-OH is 1. The molecule has 20 heavy (non-hydrogen) atoms. The molecule has 0 saturated carbocycles. The second kappa shape index (κ2) is 6.67. The van der Waals surface area contributed by atoms with Crippen LogP contribution in [0.5, 0.6) is 0 Å². The van der Waals surface area contributed by atoms with E-state index in [9.17, 15) is 10.1 Å². The van der Waals surface area contributed by atoms with Crippen LogP contribution in [-0.2, 0) is 4.74 Å². The maximum atomic E-state index is 11.1. The van der Waals surface area contributed by atoms with Crippen molar-refractivity contribution in [2.24, 2.45) is 0 Å². The third kappa shape index (κ3) is 3.46. The lowest BCUT2D eigenvalue weighted by Gasteiger charge is -2.33. The Morgan fingerprint density at radius 3 is 2.75 bits per heavy atom. The van der Waals surface area contributed by atoms with Gasteiger partial charge in [0.1, 0.15) is 5.69 Å². The number of aryl methyl sites for hydroxylation is 1. The maximum Gasteiger partial charge on any atom is 0.292 e. The van der Waals surface area contributed by atoms with Gasteiger partial charge in [0, 0.05) is 19.2 Å². The highest BCUT2D eigenvalue weighted by molar-refractivity contribution is 5.64. The fourth-order valence-electron chi connectivity index (χ4n) is 2.52. The van der Waals surface area contributed by atoms with Gasteiger partial charge in [0.15, 0.2) is 0 Å². The number of aliphatic hydroxyl groups is 1. The largest absolute Gasteiger partial charge is 0.394 e. The monoisotopic (exact) mass is 280 g/mol. The lowest BCUT2D eigenvalue weighted by Crippen LogP contribution is -2.37. The number of nitro benzene ring substituents is 1. The maximum absolute atomic E-state index is 11.1. The van der Waals surface area contributed by atoms with E-state index in [0.29, 0.717) is 12.3 Å². The molecule has 0 unspecified atom stereocenters. The van der Waals surface area contributed by atoms with E-state index in [-0.39, 0.29) is 23.3 Å². The summed E-state index contributed by atoms with van der Waals surface area (Å²) in [7, 11) is 0. The minimum absolute atomic E-state index is 0.0313. The predicted molar refractivity (Wildman–Crippen MR) is 76.1 cm³/mol. The van der Waals surface area contributed by atoms with Crippen molar-refractivity contribution in [1.29, 1.82) is 0 Å². The molecule has 1 aromatic rings. The SMILES string of the molecule is Cc1ccc([N+](=O)[O-])c(N2CCC(OCCO)CC2)c1. The molecular formula is C14H20N2O4. The Balaban J connectivity index is 2.06. The molecule has 1 fully saturated rings. The zero-order valence-electron chi connectivity index (χ0n) is 11.6. The number of piperidine rings is 1. The van der Waals surface area contributed by atoms with Crippen molar-refractivity contribution in [3.8, 4) is 0 Å².